The Hall–Kier alpha value is -1.73. The van der Waals surface area contributed by atoms with E-state index < -0.39 is 6.52 Å². The summed E-state index contributed by atoms with van der Waals surface area (Å²) in [6, 6.07) is 0. The van der Waals surface area contributed by atoms with E-state index in [0.29, 0.717) is 30.2 Å². The molecule has 0 bridgehead atoms. The van der Waals surface area contributed by atoms with Gasteiger partial charge in [0.15, 0.2) is 12.2 Å². The van der Waals surface area contributed by atoms with Gasteiger partial charge >= 0.3 is 5.97 Å². The van der Waals surface area contributed by atoms with Gasteiger partial charge in [-0.2, -0.15) is 4.57 Å². The molecule has 0 aliphatic heterocycles. The summed E-state index contributed by atoms with van der Waals surface area (Å²) in [7, 11) is 0. The molecule has 0 fully saturated rings. The van der Waals surface area contributed by atoms with Gasteiger partial charge in [-0.05, 0) is 6.92 Å². The van der Waals surface area contributed by atoms with Crippen molar-refractivity contribution in [3.8, 4) is 0 Å². The van der Waals surface area contributed by atoms with Gasteiger partial charge < -0.3 is 22.9 Å². The second-order valence-corrected chi connectivity index (χ2v) is 5.56. The third kappa shape index (κ3) is 4.64. The minimum atomic E-state index is -0.695. The number of aromatic nitrogens is 3. The van der Waals surface area contributed by atoms with Crippen LogP contribution in [0.1, 0.15) is 30.3 Å². The highest BCUT2D eigenvalue weighted by Crippen LogP contribution is 2.14. The van der Waals surface area contributed by atoms with E-state index in [4.69, 9.17) is 11.8 Å². The number of ether oxygens (including phenoxy) is 1. The van der Waals surface area contributed by atoms with E-state index in [0.717, 1.165) is 10.6 Å². The Morgan fingerprint density at radius 2 is 2.27 bits per heavy atom. The molecule has 0 aromatic carbocycles. The maximum absolute atomic E-state index is 10.8. The predicted molar refractivity (Wildman–Crippen MR) is 79.9 cm³/mol. The molecule has 22 heavy (non-hydrogen) atoms. The maximum atomic E-state index is 10.8. The molecule has 2 aromatic heterocycles. The minimum absolute atomic E-state index is 0. The van der Waals surface area contributed by atoms with Crippen LogP contribution in [0.2, 0.25) is 0 Å². The monoisotopic (exact) mass is 343 g/mol. The summed E-state index contributed by atoms with van der Waals surface area (Å²) in [5.41, 5.74) is 9.29. The topological polar surface area (TPSA) is 82.0 Å². The van der Waals surface area contributed by atoms with Crippen molar-refractivity contribution < 1.29 is 27.9 Å². The number of rotatable bonds is 5. The molecule has 2 N–H and O–H groups in total. The Morgan fingerprint density at radius 1 is 1.55 bits per heavy atom. The van der Waals surface area contributed by atoms with Crippen molar-refractivity contribution >= 4 is 23.1 Å². The molecule has 0 aliphatic carbocycles. The first-order valence-corrected chi connectivity index (χ1v) is 7.41. The van der Waals surface area contributed by atoms with Crippen molar-refractivity contribution in [3.05, 3.63) is 33.7 Å². The van der Waals surface area contributed by atoms with Crippen molar-refractivity contribution in [1.82, 2.24) is 9.97 Å². The lowest BCUT2D eigenvalue weighted by Gasteiger charge is -2.02. The number of nitrogens with zero attached hydrogens (tertiary/aromatic N) is 3. The van der Waals surface area contributed by atoms with Crippen LogP contribution < -0.4 is 22.7 Å². The highest BCUT2D eigenvalue weighted by atomic mass is 35.5. The van der Waals surface area contributed by atoms with Crippen LogP contribution >= 0.6 is 11.3 Å². The molecule has 8 heteroatoms. The zero-order valence-corrected chi connectivity index (χ0v) is 14.2. The molecule has 2 heterocycles. The molecule has 0 amide bonds. The number of hydrogen-bond donors (Lipinski definition) is 1. The molecule has 0 unspecified atom stereocenters. The minimum Gasteiger partial charge on any atom is -1.00 e. The highest BCUT2D eigenvalue weighted by Gasteiger charge is 2.17. The Bertz CT molecular complexity index is 695. The summed E-state index contributed by atoms with van der Waals surface area (Å²) < 4.78 is 15.2. The van der Waals surface area contributed by atoms with Crippen LogP contribution in [0.4, 0.5) is 5.82 Å². The SMILES string of the molecule is [2H][C@@H](c1cnc(C)nc1N)[n+]1csc(CCOC(C)=O)c1C.[Cl-]. The first-order chi connectivity index (χ1) is 10.4. The standard InChI is InChI=1S/C14H19N4O2S.ClH/c1-9-13(4-5-20-11(3)19)21-8-18(9)7-12-6-16-10(2)17-14(12)15;/h6,8H,4-5,7H2,1-3H3,(H2,15,16,17);1H/q+1;/p-1/i7D;/t7-;/m0./s1. The van der Waals surface area contributed by atoms with Crippen LogP contribution in [0.3, 0.4) is 0 Å². The molecule has 0 saturated heterocycles. The van der Waals surface area contributed by atoms with Crippen LogP contribution in [0.25, 0.3) is 0 Å². The summed E-state index contributed by atoms with van der Waals surface area (Å²) in [4.78, 5) is 20.1. The number of carbonyl (C=O) groups is 1. The van der Waals surface area contributed by atoms with Gasteiger partial charge in [0.05, 0.1) is 17.0 Å². The van der Waals surface area contributed by atoms with E-state index in [1.807, 2.05) is 17.0 Å². The van der Waals surface area contributed by atoms with Gasteiger partial charge in [0.2, 0.25) is 5.51 Å². The van der Waals surface area contributed by atoms with Crippen molar-refractivity contribution in [3.63, 3.8) is 0 Å². The predicted octanol–water partition coefficient (Wildman–Crippen LogP) is -1.82. The van der Waals surface area contributed by atoms with E-state index in [1.165, 1.54) is 18.3 Å². The van der Waals surface area contributed by atoms with Gasteiger partial charge in [-0.15, -0.1) is 0 Å². The van der Waals surface area contributed by atoms with Crippen molar-refractivity contribution in [1.29, 1.82) is 0 Å². The Kier molecular flexibility index (Phi) is 6.09. The Balaban J connectivity index is 0.00000264. The lowest BCUT2D eigenvalue weighted by molar-refractivity contribution is -0.689. The molecule has 0 saturated carbocycles. The zero-order valence-electron chi connectivity index (χ0n) is 13.7. The summed E-state index contributed by atoms with van der Waals surface area (Å²) in [6.07, 6.45) is 2.23. The number of nitrogens with two attached hydrogens (primary N) is 1. The molecule has 6 nitrogen and oxygen atoms in total. The molecule has 120 valence electrons. The first kappa shape index (κ1) is 16.6. The largest absolute Gasteiger partial charge is 1.00 e. The molecule has 0 spiro atoms. The van der Waals surface area contributed by atoms with E-state index in [1.54, 1.807) is 13.1 Å². The van der Waals surface area contributed by atoms with Crippen LogP contribution in [-0.4, -0.2) is 22.5 Å². The van der Waals surface area contributed by atoms with Crippen molar-refractivity contribution in [2.45, 2.75) is 33.7 Å². The fourth-order valence-corrected chi connectivity index (χ4v) is 2.77. The third-order valence-electron chi connectivity index (χ3n) is 2.98. The van der Waals surface area contributed by atoms with Gasteiger partial charge in [0.1, 0.15) is 13.0 Å². The Morgan fingerprint density at radius 3 is 2.91 bits per heavy atom. The third-order valence-corrected chi connectivity index (χ3v) is 4.10. The molecule has 1 atom stereocenters. The van der Waals surface area contributed by atoms with E-state index in [-0.39, 0.29) is 18.4 Å². The highest BCUT2D eigenvalue weighted by molar-refractivity contribution is 7.09. The number of anilines is 1. The quantitative estimate of drug-likeness (QED) is 0.511. The fourth-order valence-electron chi connectivity index (χ4n) is 1.83. The van der Waals surface area contributed by atoms with Gasteiger partial charge in [-0.3, -0.25) is 4.79 Å². The van der Waals surface area contributed by atoms with Crippen molar-refractivity contribution in [2.24, 2.45) is 0 Å². The summed E-state index contributed by atoms with van der Waals surface area (Å²) in [5, 5.41) is 0. The molecular weight excluding hydrogens is 324 g/mol. The number of nitrogen functional groups attached to an aromatic ring is 1. The Labute approximate surface area is 141 Å². The van der Waals surface area contributed by atoms with E-state index >= 15 is 0 Å². The average Bonchev–Trinajstić information content (AvgIpc) is 2.79. The van der Waals surface area contributed by atoms with E-state index in [9.17, 15) is 4.79 Å². The molecule has 0 radical (unpaired) electrons. The van der Waals surface area contributed by atoms with Gasteiger partial charge in [0.25, 0.3) is 0 Å². The number of aryl methyl sites for hydroxylation is 1. The number of carbonyl (C=O) groups excluding carboxylic acids is 1. The summed E-state index contributed by atoms with van der Waals surface area (Å²) in [6.45, 7) is 4.73. The molecule has 2 rings (SSSR count). The number of thiazole rings is 1. The first-order valence-electron chi connectivity index (χ1n) is 7.10. The molecule has 0 aliphatic rings. The number of halogens is 1. The molecule has 2 aromatic rings. The number of hydrogen-bond acceptors (Lipinski definition) is 6. The van der Waals surface area contributed by atoms with Crippen LogP contribution in [-0.2, 0) is 22.5 Å². The van der Waals surface area contributed by atoms with Crippen LogP contribution in [0.15, 0.2) is 11.7 Å². The van der Waals surface area contributed by atoms with Crippen LogP contribution in [0, 0.1) is 13.8 Å². The van der Waals surface area contributed by atoms with E-state index in [2.05, 4.69) is 9.97 Å². The van der Waals surface area contributed by atoms with Gasteiger partial charge in [-0.1, -0.05) is 11.3 Å². The van der Waals surface area contributed by atoms with Gasteiger partial charge in [-0.25, -0.2) is 9.97 Å². The fraction of sp³-hybridized carbons (Fsp3) is 0.429. The zero-order chi connectivity index (χ0) is 16.3. The lowest BCUT2D eigenvalue weighted by Crippen LogP contribution is -3.00. The van der Waals surface area contributed by atoms with Gasteiger partial charge in [0, 0.05) is 26.5 Å². The lowest BCUT2D eigenvalue weighted by atomic mass is 10.2. The molecular formula is C14H19ClN4O2S. The smallest absolute Gasteiger partial charge is 0.302 e. The second-order valence-electron chi connectivity index (χ2n) is 4.62. The number of esters is 1. The second kappa shape index (κ2) is 8.05. The van der Waals surface area contributed by atoms with Crippen molar-refractivity contribution in [2.75, 3.05) is 12.3 Å². The maximum Gasteiger partial charge on any atom is 0.302 e. The normalized spacial score (nSPS) is 12.2. The summed E-state index contributed by atoms with van der Waals surface area (Å²) >= 11 is 1.53. The average molecular weight is 344 g/mol. The van der Waals surface area contributed by atoms with Crippen LogP contribution in [0.5, 0.6) is 0 Å². The summed E-state index contributed by atoms with van der Waals surface area (Å²) in [5.74, 6) is 0.625.